The standard InChI is InChI=1S/C9H21N.C2H6/c1-9(2)7-5-3-4-6-8-10;1-2/h9H,3-8,10H2,1-2H3;1-2H3. The van der Waals surface area contributed by atoms with Crippen LogP contribution in [0.2, 0.25) is 0 Å². The molecule has 0 aromatic rings. The Kier molecular flexibility index (Phi) is 16.3. The molecule has 76 valence electrons. The van der Waals surface area contributed by atoms with Crippen LogP contribution in [-0.2, 0) is 0 Å². The van der Waals surface area contributed by atoms with Crippen molar-refractivity contribution in [3.63, 3.8) is 0 Å². The Hall–Kier alpha value is -0.0400. The zero-order valence-electron chi connectivity index (χ0n) is 9.40. The molecule has 0 aliphatic rings. The van der Waals surface area contributed by atoms with Crippen LogP contribution in [0.15, 0.2) is 0 Å². The van der Waals surface area contributed by atoms with Crippen molar-refractivity contribution in [3.05, 3.63) is 0 Å². The molecular formula is C11H27N. The molecule has 0 radical (unpaired) electrons. The summed E-state index contributed by atoms with van der Waals surface area (Å²) in [6.07, 6.45) is 6.67. The quantitative estimate of drug-likeness (QED) is 0.610. The van der Waals surface area contributed by atoms with Gasteiger partial charge in [0.2, 0.25) is 0 Å². The Labute approximate surface area is 78.7 Å². The van der Waals surface area contributed by atoms with Gasteiger partial charge in [0.25, 0.3) is 0 Å². The molecule has 0 aromatic heterocycles. The van der Waals surface area contributed by atoms with Crippen LogP contribution in [0.3, 0.4) is 0 Å². The maximum Gasteiger partial charge on any atom is -0.00773 e. The summed E-state index contributed by atoms with van der Waals surface area (Å²) in [5, 5.41) is 0. The smallest absolute Gasteiger partial charge is 0.00773 e. The summed E-state index contributed by atoms with van der Waals surface area (Å²) >= 11 is 0. The first-order valence-electron chi connectivity index (χ1n) is 5.47. The molecule has 0 saturated carbocycles. The van der Waals surface area contributed by atoms with Crippen LogP contribution < -0.4 is 5.73 Å². The van der Waals surface area contributed by atoms with E-state index in [-0.39, 0.29) is 0 Å². The number of nitrogens with two attached hydrogens (primary N) is 1. The molecule has 0 fully saturated rings. The molecule has 0 amide bonds. The largest absolute Gasteiger partial charge is 0.330 e. The third-order valence-corrected chi connectivity index (χ3v) is 1.74. The van der Waals surface area contributed by atoms with Crippen molar-refractivity contribution in [2.75, 3.05) is 6.54 Å². The summed E-state index contributed by atoms with van der Waals surface area (Å²) in [6.45, 7) is 9.42. The van der Waals surface area contributed by atoms with E-state index < -0.39 is 0 Å². The topological polar surface area (TPSA) is 26.0 Å². The number of unbranched alkanes of at least 4 members (excludes halogenated alkanes) is 3. The first-order valence-corrected chi connectivity index (χ1v) is 5.47. The summed E-state index contributed by atoms with van der Waals surface area (Å²) < 4.78 is 0. The molecule has 0 saturated heterocycles. The lowest BCUT2D eigenvalue weighted by Gasteiger charge is -2.02. The van der Waals surface area contributed by atoms with Crippen molar-refractivity contribution in [3.8, 4) is 0 Å². The molecule has 2 N–H and O–H groups in total. The Bertz CT molecular complexity index is 60.0. The number of hydrogen-bond acceptors (Lipinski definition) is 1. The van der Waals surface area contributed by atoms with Crippen LogP contribution >= 0.6 is 0 Å². The van der Waals surface area contributed by atoms with E-state index in [0.717, 1.165) is 12.5 Å². The van der Waals surface area contributed by atoms with E-state index in [1.165, 1.54) is 32.1 Å². The van der Waals surface area contributed by atoms with Gasteiger partial charge < -0.3 is 5.73 Å². The van der Waals surface area contributed by atoms with Gasteiger partial charge in [0.05, 0.1) is 0 Å². The Morgan fingerprint density at radius 3 is 1.83 bits per heavy atom. The van der Waals surface area contributed by atoms with Crippen molar-refractivity contribution in [2.24, 2.45) is 11.7 Å². The van der Waals surface area contributed by atoms with Crippen molar-refractivity contribution in [1.82, 2.24) is 0 Å². The minimum absolute atomic E-state index is 0.863. The van der Waals surface area contributed by atoms with E-state index in [9.17, 15) is 0 Å². The molecule has 0 atom stereocenters. The fourth-order valence-electron chi connectivity index (χ4n) is 1.05. The predicted molar refractivity (Wildman–Crippen MR) is 58.3 cm³/mol. The lowest BCUT2D eigenvalue weighted by Crippen LogP contribution is -1.97. The highest BCUT2D eigenvalue weighted by Crippen LogP contribution is 2.08. The predicted octanol–water partition coefficient (Wildman–Crippen LogP) is 3.58. The Morgan fingerprint density at radius 1 is 0.917 bits per heavy atom. The lowest BCUT2D eigenvalue weighted by atomic mass is 10.0. The van der Waals surface area contributed by atoms with Gasteiger partial charge in [0.15, 0.2) is 0 Å². The van der Waals surface area contributed by atoms with E-state index in [2.05, 4.69) is 13.8 Å². The van der Waals surface area contributed by atoms with Crippen molar-refractivity contribution in [2.45, 2.75) is 59.8 Å². The number of hydrogen-bond donors (Lipinski definition) is 1. The van der Waals surface area contributed by atoms with Crippen molar-refractivity contribution < 1.29 is 0 Å². The van der Waals surface area contributed by atoms with Gasteiger partial charge in [-0.1, -0.05) is 53.4 Å². The van der Waals surface area contributed by atoms with Crippen LogP contribution in [0.1, 0.15) is 59.8 Å². The molecule has 1 heteroatoms. The first-order chi connectivity index (χ1) is 5.77. The molecule has 0 heterocycles. The van der Waals surface area contributed by atoms with Crippen molar-refractivity contribution in [1.29, 1.82) is 0 Å². The van der Waals surface area contributed by atoms with Crippen LogP contribution in [0.4, 0.5) is 0 Å². The maximum atomic E-state index is 5.37. The summed E-state index contributed by atoms with van der Waals surface area (Å²) in [5.74, 6) is 0.873. The second-order valence-electron chi connectivity index (χ2n) is 3.39. The third-order valence-electron chi connectivity index (χ3n) is 1.74. The highest BCUT2D eigenvalue weighted by Gasteiger charge is 1.92. The second-order valence-corrected chi connectivity index (χ2v) is 3.39. The van der Waals surface area contributed by atoms with Gasteiger partial charge in [0, 0.05) is 0 Å². The van der Waals surface area contributed by atoms with Crippen molar-refractivity contribution >= 4 is 0 Å². The summed E-state index contributed by atoms with van der Waals surface area (Å²) in [7, 11) is 0. The monoisotopic (exact) mass is 173 g/mol. The zero-order chi connectivity index (χ0) is 9.82. The number of rotatable bonds is 6. The molecule has 0 aliphatic heterocycles. The zero-order valence-corrected chi connectivity index (χ0v) is 9.40. The van der Waals surface area contributed by atoms with Crippen LogP contribution in [0.25, 0.3) is 0 Å². The molecular weight excluding hydrogens is 146 g/mol. The maximum absolute atomic E-state index is 5.37. The van der Waals surface area contributed by atoms with Crippen LogP contribution in [0.5, 0.6) is 0 Å². The molecule has 0 unspecified atom stereocenters. The van der Waals surface area contributed by atoms with Gasteiger partial charge >= 0.3 is 0 Å². The highest BCUT2D eigenvalue weighted by atomic mass is 14.5. The molecule has 0 rings (SSSR count). The minimum atomic E-state index is 0.863. The summed E-state index contributed by atoms with van der Waals surface area (Å²) in [6, 6.07) is 0. The van der Waals surface area contributed by atoms with Gasteiger partial charge in [-0.2, -0.15) is 0 Å². The fraction of sp³-hybridized carbons (Fsp3) is 1.00. The van der Waals surface area contributed by atoms with E-state index in [1.54, 1.807) is 0 Å². The summed E-state index contributed by atoms with van der Waals surface area (Å²) in [4.78, 5) is 0. The van der Waals surface area contributed by atoms with Crippen LogP contribution in [-0.4, -0.2) is 6.54 Å². The van der Waals surface area contributed by atoms with E-state index in [0.29, 0.717) is 0 Å². The average molecular weight is 173 g/mol. The molecule has 0 spiro atoms. The Morgan fingerprint density at radius 2 is 1.42 bits per heavy atom. The molecule has 0 aromatic carbocycles. The van der Waals surface area contributed by atoms with Gasteiger partial charge in [0.1, 0.15) is 0 Å². The molecule has 12 heavy (non-hydrogen) atoms. The lowest BCUT2D eigenvalue weighted by molar-refractivity contribution is 0.521. The second kappa shape index (κ2) is 13.5. The fourth-order valence-corrected chi connectivity index (χ4v) is 1.05. The third kappa shape index (κ3) is 16.5. The van der Waals surface area contributed by atoms with Gasteiger partial charge in [-0.3, -0.25) is 0 Å². The van der Waals surface area contributed by atoms with E-state index in [1.807, 2.05) is 13.8 Å². The molecule has 1 nitrogen and oxygen atoms in total. The molecule has 0 aliphatic carbocycles. The SMILES string of the molecule is CC.CC(C)CCCCCCN. The summed E-state index contributed by atoms with van der Waals surface area (Å²) in [5.41, 5.74) is 5.37. The van der Waals surface area contributed by atoms with E-state index in [4.69, 9.17) is 5.73 Å². The Balaban J connectivity index is 0. The normalized spacial score (nSPS) is 9.50. The van der Waals surface area contributed by atoms with Crippen LogP contribution in [0, 0.1) is 5.92 Å². The molecule has 0 bridgehead atoms. The minimum Gasteiger partial charge on any atom is -0.330 e. The highest BCUT2D eigenvalue weighted by molar-refractivity contribution is 4.47. The first kappa shape index (κ1) is 14.5. The van der Waals surface area contributed by atoms with Gasteiger partial charge in [-0.15, -0.1) is 0 Å². The van der Waals surface area contributed by atoms with Gasteiger partial charge in [-0.05, 0) is 18.9 Å². The van der Waals surface area contributed by atoms with Gasteiger partial charge in [-0.25, -0.2) is 0 Å². The van der Waals surface area contributed by atoms with E-state index >= 15 is 0 Å². The average Bonchev–Trinajstić information content (AvgIpc) is 2.07.